The molecule has 0 N–H and O–H groups in total. The summed E-state index contributed by atoms with van der Waals surface area (Å²) in [5.74, 6) is 1.02. The van der Waals surface area contributed by atoms with Gasteiger partial charge in [-0.2, -0.15) is 4.98 Å². The molecule has 0 bridgehead atoms. The van der Waals surface area contributed by atoms with Gasteiger partial charge >= 0.3 is 0 Å². The fraction of sp³-hybridized carbons (Fsp3) is 0.133. The highest BCUT2D eigenvalue weighted by Gasteiger charge is 2.18. The SMILES string of the molecule is ClC(c1ccccc1)c1nc(Cc2cccnc2)no1. The van der Waals surface area contributed by atoms with Crippen molar-refractivity contribution in [2.24, 2.45) is 0 Å². The van der Waals surface area contributed by atoms with E-state index in [2.05, 4.69) is 15.1 Å². The van der Waals surface area contributed by atoms with Crippen LogP contribution in [0.3, 0.4) is 0 Å². The van der Waals surface area contributed by atoms with Crippen LogP contribution in [-0.4, -0.2) is 15.1 Å². The van der Waals surface area contributed by atoms with E-state index in [1.54, 1.807) is 12.4 Å². The van der Waals surface area contributed by atoms with Gasteiger partial charge in [0.05, 0.1) is 0 Å². The van der Waals surface area contributed by atoms with E-state index in [4.69, 9.17) is 16.1 Å². The fourth-order valence-electron chi connectivity index (χ4n) is 1.89. The zero-order valence-electron chi connectivity index (χ0n) is 10.6. The molecule has 0 aliphatic carbocycles. The Balaban J connectivity index is 1.77. The molecule has 1 atom stereocenters. The summed E-state index contributed by atoms with van der Waals surface area (Å²) in [7, 11) is 0. The molecule has 1 aromatic carbocycles. The third kappa shape index (κ3) is 2.86. The predicted octanol–water partition coefficient (Wildman–Crippen LogP) is 3.38. The van der Waals surface area contributed by atoms with Crippen molar-refractivity contribution in [2.45, 2.75) is 11.8 Å². The highest BCUT2D eigenvalue weighted by Crippen LogP contribution is 2.27. The van der Waals surface area contributed by atoms with Gasteiger partial charge in [-0.05, 0) is 17.2 Å². The molecular weight excluding hydrogens is 274 g/mol. The lowest BCUT2D eigenvalue weighted by Crippen LogP contribution is -1.95. The van der Waals surface area contributed by atoms with Crippen LogP contribution < -0.4 is 0 Å². The molecule has 3 rings (SSSR count). The molecule has 20 heavy (non-hydrogen) atoms. The summed E-state index contributed by atoms with van der Waals surface area (Å²) in [6, 6.07) is 13.5. The van der Waals surface area contributed by atoms with Crippen molar-refractivity contribution in [1.29, 1.82) is 0 Å². The smallest absolute Gasteiger partial charge is 0.249 e. The Morgan fingerprint density at radius 2 is 1.95 bits per heavy atom. The first kappa shape index (κ1) is 12.8. The van der Waals surface area contributed by atoms with Crippen LogP contribution in [0.4, 0.5) is 0 Å². The van der Waals surface area contributed by atoms with Gasteiger partial charge in [-0.1, -0.05) is 41.6 Å². The van der Waals surface area contributed by atoms with Gasteiger partial charge in [0, 0.05) is 18.8 Å². The molecule has 0 aliphatic heterocycles. The molecule has 5 heteroatoms. The Hall–Kier alpha value is -2.20. The summed E-state index contributed by atoms with van der Waals surface area (Å²) >= 11 is 6.34. The first-order valence-corrected chi connectivity index (χ1v) is 6.67. The number of pyridine rings is 1. The molecule has 0 amide bonds. The molecule has 1 unspecified atom stereocenters. The molecule has 0 saturated carbocycles. The Morgan fingerprint density at radius 3 is 2.70 bits per heavy atom. The van der Waals surface area contributed by atoms with Gasteiger partial charge in [-0.15, -0.1) is 11.6 Å². The summed E-state index contributed by atoms with van der Waals surface area (Å²) in [6.45, 7) is 0. The van der Waals surface area contributed by atoms with Crippen LogP contribution in [0.1, 0.15) is 28.2 Å². The number of aromatic nitrogens is 3. The lowest BCUT2D eigenvalue weighted by atomic mass is 10.1. The van der Waals surface area contributed by atoms with Crippen LogP contribution in [0.15, 0.2) is 59.4 Å². The van der Waals surface area contributed by atoms with Crippen LogP contribution in [-0.2, 0) is 6.42 Å². The monoisotopic (exact) mass is 285 g/mol. The van der Waals surface area contributed by atoms with Crippen molar-refractivity contribution < 1.29 is 4.52 Å². The summed E-state index contributed by atoms with van der Waals surface area (Å²) in [4.78, 5) is 8.40. The Bertz CT molecular complexity index is 670. The number of hydrogen-bond acceptors (Lipinski definition) is 4. The molecule has 0 saturated heterocycles. The maximum Gasteiger partial charge on any atom is 0.249 e. The van der Waals surface area contributed by atoms with Crippen LogP contribution >= 0.6 is 11.6 Å². The van der Waals surface area contributed by atoms with Crippen LogP contribution in [0.25, 0.3) is 0 Å². The van der Waals surface area contributed by atoms with Crippen LogP contribution in [0.2, 0.25) is 0 Å². The van der Waals surface area contributed by atoms with Crippen molar-refractivity contribution in [1.82, 2.24) is 15.1 Å². The van der Waals surface area contributed by atoms with E-state index in [9.17, 15) is 0 Å². The molecule has 0 spiro atoms. The third-order valence-electron chi connectivity index (χ3n) is 2.88. The van der Waals surface area contributed by atoms with Gasteiger partial charge < -0.3 is 4.52 Å². The van der Waals surface area contributed by atoms with E-state index in [0.717, 1.165) is 11.1 Å². The molecule has 0 aliphatic rings. The normalized spacial score (nSPS) is 12.2. The first-order valence-electron chi connectivity index (χ1n) is 6.23. The summed E-state index contributed by atoms with van der Waals surface area (Å²) < 4.78 is 5.24. The molecule has 0 fully saturated rings. The van der Waals surface area contributed by atoms with Crippen molar-refractivity contribution in [3.05, 3.63) is 77.7 Å². The molecule has 0 radical (unpaired) electrons. The second-order valence-electron chi connectivity index (χ2n) is 4.36. The predicted molar refractivity (Wildman–Crippen MR) is 75.5 cm³/mol. The maximum atomic E-state index is 6.34. The van der Waals surface area contributed by atoms with E-state index >= 15 is 0 Å². The van der Waals surface area contributed by atoms with Gasteiger partial charge in [0.1, 0.15) is 5.38 Å². The summed E-state index contributed by atoms with van der Waals surface area (Å²) in [5.41, 5.74) is 1.97. The fourth-order valence-corrected chi connectivity index (χ4v) is 2.13. The molecule has 2 heterocycles. The minimum atomic E-state index is -0.425. The van der Waals surface area contributed by atoms with Crippen molar-refractivity contribution >= 4 is 11.6 Å². The molecule has 3 aromatic rings. The average molecular weight is 286 g/mol. The van der Waals surface area contributed by atoms with Crippen molar-refractivity contribution in [3.63, 3.8) is 0 Å². The van der Waals surface area contributed by atoms with Gasteiger partial charge in [0.25, 0.3) is 0 Å². The van der Waals surface area contributed by atoms with Crippen LogP contribution in [0, 0.1) is 0 Å². The van der Waals surface area contributed by atoms with E-state index in [1.165, 1.54) is 0 Å². The van der Waals surface area contributed by atoms with E-state index in [0.29, 0.717) is 18.1 Å². The van der Waals surface area contributed by atoms with E-state index in [-0.39, 0.29) is 0 Å². The first-order chi connectivity index (χ1) is 9.83. The molecular formula is C15H12ClN3O. The average Bonchev–Trinajstić information content (AvgIpc) is 2.97. The Labute approximate surface area is 121 Å². The number of benzene rings is 1. The molecule has 2 aromatic heterocycles. The maximum absolute atomic E-state index is 6.34. The van der Waals surface area contributed by atoms with Gasteiger partial charge in [-0.25, -0.2) is 0 Å². The lowest BCUT2D eigenvalue weighted by Gasteiger charge is -2.03. The van der Waals surface area contributed by atoms with E-state index < -0.39 is 5.38 Å². The van der Waals surface area contributed by atoms with Gasteiger partial charge in [-0.3, -0.25) is 4.98 Å². The Kier molecular flexibility index (Phi) is 3.74. The second-order valence-corrected chi connectivity index (χ2v) is 4.80. The topological polar surface area (TPSA) is 51.8 Å². The van der Waals surface area contributed by atoms with Crippen molar-refractivity contribution in [3.8, 4) is 0 Å². The van der Waals surface area contributed by atoms with Crippen LogP contribution in [0.5, 0.6) is 0 Å². The number of halogens is 1. The zero-order valence-corrected chi connectivity index (χ0v) is 11.4. The minimum absolute atomic E-state index is 0.414. The zero-order chi connectivity index (χ0) is 13.8. The van der Waals surface area contributed by atoms with Gasteiger partial charge in [0.2, 0.25) is 5.89 Å². The minimum Gasteiger partial charge on any atom is -0.337 e. The summed E-state index contributed by atoms with van der Waals surface area (Å²) in [5, 5.41) is 3.54. The summed E-state index contributed by atoms with van der Waals surface area (Å²) in [6.07, 6.45) is 4.09. The highest BCUT2D eigenvalue weighted by molar-refractivity contribution is 6.22. The van der Waals surface area contributed by atoms with E-state index in [1.807, 2.05) is 42.5 Å². The molecule has 4 nitrogen and oxygen atoms in total. The molecule has 100 valence electrons. The van der Waals surface area contributed by atoms with Crippen molar-refractivity contribution in [2.75, 3.05) is 0 Å². The number of rotatable bonds is 4. The standard InChI is InChI=1S/C15H12ClN3O/c16-14(12-6-2-1-3-7-12)15-18-13(19-20-15)9-11-5-4-8-17-10-11/h1-8,10,14H,9H2. The largest absolute Gasteiger partial charge is 0.337 e. The number of alkyl halides is 1. The number of hydrogen-bond donors (Lipinski definition) is 0. The Morgan fingerprint density at radius 1 is 1.10 bits per heavy atom. The highest BCUT2D eigenvalue weighted by atomic mass is 35.5. The lowest BCUT2D eigenvalue weighted by molar-refractivity contribution is 0.377. The second kappa shape index (κ2) is 5.84. The third-order valence-corrected chi connectivity index (χ3v) is 3.32. The number of nitrogens with zero attached hydrogens (tertiary/aromatic N) is 3. The quantitative estimate of drug-likeness (QED) is 0.690. The van der Waals surface area contributed by atoms with Gasteiger partial charge in [0.15, 0.2) is 5.82 Å².